The predicted octanol–water partition coefficient (Wildman–Crippen LogP) is 1.67. The van der Waals surface area contributed by atoms with Gasteiger partial charge in [-0.1, -0.05) is 13.0 Å². The summed E-state index contributed by atoms with van der Waals surface area (Å²) in [6.07, 6.45) is 5.08. The van der Waals surface area contributed by atoms with Crippen LogP contribution in [0.5, 0.6) is 0 Å². The van der Waals surface area contributed by atoms with Gasteiger partial charge in [0.1, 0.15) is 0 Å². The van der Waals surface area contributed by atoms with E-state index in [2.05, 4.69) is 15.4 Å². The Kier molecular flexibility index (Phi) is 5.42. The number of aromatic nitrogens is 3. The van der Waals surface area contributed by atoms with Gasteiger partial charge in [-0.15, -0.1) is 0 Å². The van der Waals surface area contributed by atoms with Crippen LogP contribution in [0, 0.1) is 0 Å². The van der Waals surface area contributed by atoms with Crippen molar-refractivity contribution >= 4 is 11.8 Å². The quantitative estimate of drug-likeness (QED) is 0.867. The van der Waals surface area contributed by atoms with Crippen molar-refractivity contribution in [3.63, 3.8) is 0 Å². The van der Waals surface area contributed by atoms with Crippen molar-refractivity contribution < 1.29 is 9.59 Å². The molecular weight excluding hydrogens is 318 g/mol. The van der Waals surface area contributed by atoms with E-state index in [1.54, 1.807) is 12.4 Å². The highest BCUT2D eigenvalue weighted by molar-refractivity contribution is 5.78. The molecule has 7 heteroatoms. The second kappa shape index (κ2) is 7.92. The zero-order chi connectivity index (χ0) is 17.6. The largest absolute Gasteiger partial charge is 0.350 e. The summed E-state index contributed by atoms with van der Waals surface area (Å²) in [6.45, 7) is 3.47. The Hall–Kier alpha value is -2.70. The van der Waals surface area contributed by atoms with Crippen LogP contribution in [0.25, 0.3) is 0 Å². The number of fused-ring (bicyclic) bond motifs is 1. The van der Waals surface area contributed by atoms with Crippen molar-refractivity contribution in [2.45, 2.75) is 45.3 Å². The summed E-state index contributed by atoms with van der Waals surface area (Å²) in [7, 11) is 0. The van der Waals surface area contributed by atoms with Gasteiger partial charge in [-0.2, -0.15) is 5.10 Å². The van der Waals surface area contributed by atoms with Crippen LogP contribution in [0.1, 0.15) is 43.6 Å². The highest BCUT2D eigenvalue weighted by Crippen LogP contribution is 2.23. The zero-order valence-corrected chi connectivity index (χ0v) is 14.4. The first kappa shape index (κ1) is 17.1. The number of amides is 2. The fraction of sp³-hybridized carbons (Fsp3) is 0.444. The van der Waals surface area contributed by atoms with Gasteiger partial charge in [0.05, 0.1) is 36.9 Å². The first-order chi connectivity index (χ1) is 12.2. The molecular formula is C18H23N5O2. The highest BCUT2D eigenvalue weighted by atomic mass is 16.2. The van der Waals surface area contributed by atoms with E-state index in [-0.39, 0.29) is 24.3 Å². The molecule has 0 bridgehead atoms. The summed E-state index contributed by atoms with van der Waals surface area (Å²) in [6, 6.07) is 7.38. The summed E-state index contributed by atoms with van der Waals surface area (Å²) in [5, 5.41) is 7.23. The molecule has 0 saturated carbocycles. The van der Waals surface area contributed by atoms with Gasteiger partial charge in [-0.3, -0.25) is 19.3 Å². The van der Waals surface area contributed by atoms with Gasteiger partial charge in [0.2, 0.25) is 11.8 Å². The van der Waals surface area contributed by atoms with Crippen LogP contribution in [-0.4, -0.2) is 38.0 Å². The molecule has 2 aromatic rings. The molecule has 7 nitrogen and oxygen atoms in total. The molecule has 0 radical (unpaired) electrons. The monoisotopic (exact) mass is 341 g/mol. The topological polar surface area (TPSA) is 80.1 Å². The summed E-state index contributed by atoms with van der Waals surface area (Å²) in [5.74, 6) is 0.0655. The van der Waals surface area contributed by atoms with E-state index in [4.69, 9.17) is 0 Å². The van der Waals surface area contributed by atoms with Crippen molar-refractivity contribution in [1.82, 2.24) is 25.0 Å². The summed E-state index contributed by atoms with van der Waals surface area (Å²) in [5.41, 5.74) is 1.79. The van der Waals surface area contributed by atoms with Gasteiger partial charge in [0.15, 0.2) is 0 Å². The molecule has 0 fully saturated rings. The van der Waals surface area contributed by atoms with Crippen LogP contribution in [0.2, 0.25) is 0 Å². The molecule has 0 aromatic carbocycles. The van der Waals surface area contributed by atoms with Crippen LogP contribution >= 0.6 is 0 Å². The maximum Gasteiger partial charge on any atom is 0.222 e. The average Bonchev–Trinajstić information content (AvgIpc) is 3.10. The van der Waals surface area contributed by atoms with Crippen molar-refractivity contribution in [3.8, 4) is 0 Å². The minimum Gasteiger partial charge on any atom is -0.350 e. The SMILES string of the molecule is CCCC(=O)N1Cc2ccnn2[C@@H](CC(=O)NCc2ccccn2)C1. The number of hydrogen-bond donors (Lipinski definition) is 1. The van der Waals surface area contributed by atoms with Gasteiger partial charge in [-0.05, 0) is 24.6 Å². The molecule has 0 spiro atoms. The van der Waals surface area contributed by atoms with Crippen LogP contribution in [0.4, 0.5) is 0 Å². The molecule has 132 valence electrons. The Balaban J connectivity index is 1.62. The number of rotatable bonds is 6. The van der Waals surface area contributed by atoms with Gasteiger partial charge in [0.25, 0.3) is 0 Å². The van der Waals surface area contributed by atoms with Crippen LogP contribution < -0.4 is 5.32 Å². The maximum absolute atomic E-state index is 12.3. The average molecular weight is 341 g/mol. The van der Waals surface area contributed by atoms with Crippen molar-refractivity contribution in [3.05, 3.63) is 48.0 Å². The van der Waals surface area contributed by atoms with Crippen LogP contribution in [0.3, 0.4) is 0 Å². The summed E-state index contributed by atoms with van der Waals surface area (Å²) < 4.78 is 1.87. The second-order valence-corrected chi connectivity index (χ2v) is 6.25. The molecule has 25 heavy (non-hydrogen) atoms. The lowest BCUT2D eigenvalue weighted by molar-refractivity contribution is -0.134. The number of carbonyl (C=O) groups excluding carboxylic acids is 2. The van der Waals surface area contributed by atoms with Gasteiger partial charge >= 0.3 is 0 Å². The molecule has 1 aliphatic heterocycles. The summed E-state index contributed by atoms with van der Waals surface area (Å²) >= 11 is 0. The molecule has 3 heterocycles. The molecule has 0 saturated heterocycles. The van der Waals surface area contributed by atoms with Gasteiger partial charge < -0.3 is 10.2 Å². The minimum absolute atomic E-state index is 0.0677. The predicted molar refractivity (Wildman–Crippen MR) is 92.3 cm³/mol. The van der Waals surface area contributed by atoms with Gasteiger partial charge in [0, 0.05) is 25.4 Å². The Morgan fingerprint density at radius 3 is 2.92 bits per heavy atom. The van der Waals surface area contributed by atoms with Gasteiger partial charge in [-0.25, -0.2) is 0 Å². The minimum atomic E-state index is -0.136. The third-order valence-corrected chi connectivity index (χ3v) is 4.31. The number of hydrogen-bond acceptors (Lipinski definition) is 4. The molecule has 2 aromatic heterocycles. The Labute approximate surface area is 147 Å². The lowest BCUT2D eigenvalue weighted by Crippen LogP contribution is -2.42. The summed E-state index contributed by atoms with van der Waals surface area (Å²) in [4.78, 5) is 30.6. The fourth-order valence-corrected chi connectivity index (χ4v) is 3.08. The third kappa shape index (κ3) is 4.23. The zero-order valence-electron chi connectivity index (χ0n) is 14.4. The lowest BCUT2D eigenvalue weighted by atomic mass is 10.1. The maximum atomic E-state index is 12.3. The number of nitrogens with one attached hydrogen (secondary N) is 1. The molecule has 0 unspecified atom stereocenters. The normalized spacial score (nSPS) is 16.4. The van der Waals surface area contributed by atoms with Crippen molar-refractivity contribution in [2.75, 3.05) is 6.54 Å². The highest BCUT2D eigenvalue weighted by Gasteiger charge is 2.29. The molecule has 3 rings (SSSR count). The van der Waals surface area contributed by atoms with E-state index in [1.165, 1.54) is 0 Å². The Morgan fingerprint density at radius 1 is 1.28 bits per heavy atom. The van der Waals surface area contributed by atoms with E-state index in [0.29, 0.717) is 26.1 Å². The number of pyridine rings is 1. The molecule has 1 aliphatic rings. The number of carbonyl (C=O) groups is 2. The molecule has 1 N–H and O–H groups in total. The Bertz CT molecular complexity index is 728. The smallest absolute Gasteiger partial charge is 0.222 e. The van der Waals surface area contributed by atoms with Crippen LogP contribution in [-0.2, 0) is 22.7 Å². The van der Waals surface area contributed by atoms with E-state index < -0.39 is 0 Å². The Morgan fingerprint density at radius 2 is 2.16 bits per heavy atom. The first-order valence-electron chi connectivity index (χ1n) is 8.64. The fourth-order valence-electron chi connectivity index (χ4n) is 3.08. The number of nitrogens with zero attached hydrogens (tertiary/aromatic N) is 4. The van der Waals surface area contributed by atoms with Crippen LogP contribution in [0.15, 0.2) is 36.7 Å². The lowest BCUT2D eigenvalue weighted by Gasteiger charge is -2.33. The van der Waals surface area contributed by atoms with E-state index in [9.17, 15) is 9.59 Å². The van der Waals surface area contributed by atoms with Crippen molar-refractivity contribution in [2.24, 2.45) is 0 Å². The molecule has 1 atom stereocenters. The molecule has 2 amide bonds. The standard InChI is InChI=1S/C18H23N5O2/c1-2-5-18(25)22-12-15-7-9-21-23(15)16(13-22)10-17(24)20-11-14-6-3-4-8-19-14/h3-4,6-9,16H,2,5,10-13H2,1H3,(H,20,24)/t16-/m0/s1. The second-order valence-electron chi connectivity index (χ2n) is 6.25. The third-order valence-electron chi connectivity index (χ3n) is 4.31. The van der Waals surface area contributed by atoms with E-state index in [0.717, 1.165) is 17.8 Å². The van der Waals surface area contributed by atoms with E-state index in [1.807, 2.05) is 40.8 Å². The van der Waals surface area contributed by atoms with Crippen molar-refractivity contribution in [1.29, 1.82) is 0 Å². The first-order valence-corrected chi connectivity index (χ1v) is 8.64. The molecule has 0 aliphatic carbocycles. The van der Waals surface area contributed by atoms with E-state index >= 15 is 0 Å².